The zero-order valence-corrected chi connectivity index (χ0v) is 10.1. The highest BCUT2D eigenvalue weighted by Crippen LogP contribution is 2.11. The molecule has 0 aromatic heterocycles. The van der Waals surface area contributed by atoms with Crippen molar-refractivity contribution in [3.63, 3.8) is 0 Å². The number of hydrogen-bond acceptors (Lipinski definition) is 2. The molecule has 4 heteroatoms. The van der Waals surface area contributed by atoms with E-state index in [1.807, 2.05) is 0 Å². The lowest BCUT2D eigenvalue weighted by Crippen LogP contribution is -2.06. The van der Waals surface area contributed by atoms with Gasteiger partial charge < -0.3 is 4.74 Å². The van der Waals surface area contributed by atoms with Crippen LogP contribution in [0, 0.1) is 0 Å². The first-order valence-corrected chi connectivity index (χ1v) is 6.03. The summed E-state index contributed by atoms with van der Waals surface area (Å²) in [5.41, 5.74) is 0. The zero-order chi connectivity index (χ0) is 10.8. The number of hydrogen-bond donors (Lipinski definition) is 0. The van der Waals surface area contributed by atoms with Crippen molar-refractivity contribution in [1.29, 1.82) is 0 Å². The third-order valence-corrected chi connectivity index (χ3v) is 2.72. The third-order valence-electron chi connectivity index (χ3n) is 1.98. The summed E-state index contributed by atoms with van der Waals surface area (Å²) in [5, 5.41) is 0.292. The van der Waals surface area contributed by atoms with Crippen molar-refractivity contribution in [2.75, 3.05) is 12.5 Å². The molecule has 0 bridgehead atoms. The van der Waals surface area contributed by atoms with Crippen molar-refractivity contribution in [3.8, 4) is 0 Å². The minimum Gasteiger partial charge on any atom is -0.465 e. The molecule has 1 atom stereocenters. The molecule has 0 aromatic rings. The average molecular weight is 241 g/mol. The highest BCUT2D eigenvalue weighted by Gasteiger charge is 2.01. The molecule has 0 aromatic carbocycles. The van der Waals surface area contributed by atoms with Gasteiger partial charge in [0.05, 0.1) is 6.61 Å². The Labute approximate surface area is 95.9 Å². The maximum absolute atomic E-state index is 10.6. The Morgan fingerprint density at radius 3 is 2.64 bits per heavy atom. The molecule has 1 unspecified atom stereocenters. The van der Waals surface area contributed by atoms with E-state index in [2.05, 4.69) is 6.92 Å². The number of ether oxygens (including phenoxy) is 1. The van der Waals surface area contributed by atoms with Gasteiger partial charge in [-0.2, -0.15) is 0 Å². The molecule has 0 saturated carbocycles. The van der Waals surface area contributed by atoms with Gasteiger partial charge in [0.2, 0.25) is 0 Å². The molecule has 0 radical (unpaired) electrons. The first-order valence-electron chi connectivity index (χ1n) is 5.06. The Bertz CT molecular complexity index is 151. The maximum atomic E-state index is 10.6. The second kappa shape index (κ2) is 9.60. The Kier molecular flexibility index (Phi) is 9.63. The van der Waals surface area contributed by atoms with E-state index in [0.717, 1.165) is 32.1 Å². The van der Waals surface area contributed by atoms with Gasteiger partial charge in [-0.15, -0.1) is 23.2 Å². The molecule has 0 aliphatic carbocycles. The monoisotopic (exact) mass is 240 g/mol. The van der Waals surface area contributed by atoms with Crippen LogP contribution in [0.5, 0.6) is 0 Å². The molecule has 0 N–H and O–H groups in total. The van der Waals surface area contributed by atoms with Crippen LogP contribution in [0.2, 0.25) is 0 Å². The van der Waals surface area contributed by atoms with Crippen LogP contribution >= 0.6 is 23.2 Å². The fourth-order valence-electron chi connectivity index (χ4n) is 1.07. The van der Waals surface area contributed by atoms with E-state index in [1.165, 1.54) is 0 Å². The lowest BCUT2D eigenvalue weighted by atomic mass is 10.1. The van der Waals surface area contributed by atoms with Crippen molar-refractivity contribution >= 4 is 29.2 Å². The smallest absolute Gasteiger partial charge is 0.320 e. The second-order valence-electron chi connectivity index (χ2n) is 3.21. The first kappa shape index (κ1) is 14.1. The van der Waals surface area contributed by atoms with Crippen molar-refractivity contribution in [1.82, 2.24) is 0 Å². The summed E-state index contributed by atoms with van der Waals surface area (Å²) in [4.78, 5) is 10.6. The van der Waals surface area contributed by atoms with Gasteiger partial charge in [0, 0.05) is 5.38 Å². The summed E-state index contributed by atoms with van der Waals surface area (Å²) < 4.78 is 4.82. The van der Waals surface area contributed by atoms with Crippen LogP contribution in [0.15, 0.2) is 0 Å². The molecule has 14 heavy (non-hydrogen) atoms. The maximum Gasteiger partial charge on any atom is 0.320 e. The van der Waals surface area contributed by atoms with E-state index < -0.39 is 0 Å². The molecule has 0 saturated heterocycles. The van der Waals surface area contributed by atoms with Crippen molar-refractivity contribution in [2.45, 2.75) is 44.4 Å². The minimum absolute atomic E-state index is 0.0560. The molecule has 2 nitrogen and oxygen atoms in total. The largest absolute Gasteiger partial charge is 0.465 e. The van der Waals surface area contributed by atoms with E-state index >= 15 is 0 Å². The molecular weight excluding hydrogens is 223 g/mol. The summed E-state index contributed by atoms with van der Waals surface area (Å²) >= 11 is 11.2. The molecule has 0 amide bonds. The lowest BCUT2D eigenvalue weighted by molar-refractivity contribution is -0.140. The summed E-state index contributed by atoms with van der Waals surface area (Å²) in [6.07, 6.45) is 5.11. The molecule has 0 heterocycles. The van der Waals surface area contributed by atoms with Gasteiger partial charge in [0.1, 0.15) is 5.88 Å². The highest BCUT2D eigenvalue weighted by molar-refractivity contribution is 6.26. The van der Waals surface area contributed by atoms with Crippen LogP contribution in [-0.4, -0.2) is 23.8 Å². The third kappa shape index (κ3) is 8.64. The van der Waals surface area contributed by atoms with E-state index in [-0.39, 0.29) is 11.8 Å². The second-order valence-corrected chi connectivity index (χ2v) is 4.09. The van der Waals surface area contributed by atoms with E-state index in [4.69, 9.17) is 27.9 Å². The fourth-order valence-corrected chi connectivity index (χ4v) is 1.30. The van der Waals surface area contributed by atoms with Crippen LogP contribution in [0.4, 0.5) is 0 Å². The van der Waals surface area contributed by atoms with Gasteiger partial charge in [-0.25, -0.2) is 0 Å². The van der Waals surface area contributed by atoms with Gasteiger partial charge in [-0.05, 0) is 19.3 Å². The summed E-state index contributed by atoms with van der Waals surface area (Å²) in [6, 6.07) is 0. The molecule has 0 fully saturated rings. The molecule has 0 aliphatic heterocycles. The van der Waals surface area contributed by atoms with Crippen LogP contribution in [-0.2, 0) is 9.53 Å². The van der Waals surface area contributed by atoms with Crippen molar-refractivity contribution in [2.24, 2.45) is 0 Å². The first-order chi connectivity index (χ1) is 6.70. The topological polar surface area (TPSA) is 26.3 Å². The fraction of sp³-hybridized carbons (Fsp3) is 0.900. The predicted molar refractivity (Wildman–Crippen MR) is 60.1 cm³/mol. The Morgan fingerprint density at radius 1 is 1.36 bits per heavy atom. The van der Waals surface area contributed by atoms with Crippen LogP contribution in [0.1, 0.15) is 39.0 Å². The number of unbranched alkanes of at least 4 members (excludes halogenated alkanes) is 2. The summed E-state index contributed by atoms with van der Waals surface area (Å²) in [5.74, 6) is -0.394. The summed E-state index contributed by atoms with van der Waals surface area (Å²) in [6.45, 7) is 2.56. The zero-order valence-electron chi connectivity index (χ0n) is 8.60. The van der Waals surface area contributed by atoms with Crippen molar-refractivity contribution < 1.29 is 9.53 Å². The quantitative estimate of drug-likeness (QED) is 0.370. The van der Waals surface area contributed by atoms with Gasteiger partial charge in [-0.1, -0.05) is 19.8 Å². The summed E-state index contributed by atoms with van der Waals surface area (Å²) in [7, 11) is 0. The number of carbonyl (C=O) groups is 1. The number of alkyl halides is 2. The lowest BCUT2D eigenvalue weighted by Gasteiger charge is -2.05. The molecule has 84 valence electrons. The predicted octanol–water partition coefficient (Wildman–Crippen LogP) is 3.35. The van der Waals surface area contributed by atoms with Crippen LogP contribution in [0.25, 0.3) is 0 Å². The number of esters is 1. The van der Waals surface area contributed by atoms with E-state index in [9.17, 15) is 4.79 Å². The van der Waals surface area contributed by atoms with Gasteiger partial charge >= 0.3 is 5.97 Å². The minimum atomic E-state index is -0.338. The Morgan fingerprint density at radius 2 is 2.07 bits per heavy atom. The number of rotatable bonds is 8. The number of halogens is 2. The van der Waals surface area contributed by atoms with Gasteiger partial charge in [0.15, 0.2) is 0 Å². The normalized spacial score (nSPS) is 12.5. The van der Waals surface area contributed by atoms with E-state index in [0.29, 0.717) is 12.0 Å². The highest BCUT2D eigenvalue weighted by atomic mass is 35.5. The molecule has 0 aliphatic rings. The van der Waals surface area contributed by atoms with Crippen LogP contribution < -0.4 is 0 Å². The molecule has 0 spiro atoms. The number of carbonyl (C=O) groups excluding carboxylic acids is 1. The van der Waals surface area contributed by atoms with Crippen molar-refractivity contribution in [3.05, 3.63) is 0 Å². The molecular formula is C10H18Cl2O2. The standard InChI is InChI=1S/C10H18Cl2O2/c1-2-9(12)6-4-3-5-7-14-10(13)8-11/h9H,2-8H2,1H3. The molecule has 0 rings (SSSR count). The average Bonchev–Trinajstić information content (AvgIpc) is 2.22. The van der Waals surface area contributed by atoms with Gasteiger partial charge in [-0.3, -0.25) is 4.79 Å². The van der Waals surface area contributed by atoms with E-state index in [1.54, 1.807) is 0 Å². The Hall–Kier alpha value is 0.0500. The van der Waals surface area contributed by atoms with Gasteiger partial charge in [0.25, 0.3) is 0 Å². The van der Waals surface area contributed by atoms with Crippen LogP contribution in [0.3, 0.4) is 0 Å². The SMILES string of the molecule is CCC(Cl)CCCCCOC(=O)CCl. The Balaban J connectivity index is 3.10.